The lowest BCUT2D eigenvalue weighted by Gasteiger charge is -2.31. The minimum atomic E-state index is 0.0283. The number of benzene rings is 2. The molecule has 5 nitrogen and oxygen atoms in total. The molecular formula is C22H29N3O2. The number of piperidine rings is 1. The molecule has 3 rings (SSSR count). The van der Waals surface area contributed by atoms with Gasteiger partial charge in [-0.15, -0.1) is 0 Å². The fourth-order valence-corrected chi connectivity index (χ4v) is 3.45. The Bertz CT molecular complexity index is 713. The lowest BCUT2D eigenvalue weighted by Crippen LogP contribution is -2.39. The molecule has 1 fully saturated rings. The van der Waals surface area contributed by atoms with Crippen molar-refractivity contribution in [2.75, 3.05) is 38.5 Å². The van der Waals surface area contributed by atoms with Crippen molar-refractivity contribution in [2.24, 2.45) is 5.92 Å². The number of nitrogens with one attached hydrogen (secondary N) is 2. The molecule has 1 amide bonds. The molecule has 0 aliphatic carbocycles. The summed E-state index contributed by atoms with van der Waals surface area (Å²) in [5, 5.41) is 6.21. The van der Waals surface area contributed by atoms with Crippen LogP contribution in [0.2, 0.25) is 0 Å². The van der Waals surface area contributed by atoms with E-state index in [9.17, 15) is 4.79 Å². The fraction of sp³-hybridized carbons (Fsp3) is 0.409. The number of carbonyl (C=O) groups is 1. The second-order valence-corrected chi connectivity index (χ2v) is 7.10. The fourth-order valence-electron chi connectivity index (χ4n) is 3.45. The minimum Gasteiger partial charge on any atom is -0.457 e. The molecule has 1 saturated heterocycles. The van der Waals surface area contributed by atoms with E-state index in [1.54, 1.807) is 0 Å². The van der Waals surface area contributed by atoms with Gasteiger partial charge in [-0.3, -0.25) is 9.69 Å². The molecule has 0 saturated carbocycles. The second kappa shape index (κ2) is 10.1. The highest BCUT2D eigenvalue weighted by molar-refractivity contribution is 5.92. The highest BCUT2D eigenvalue weighted by atomic mass is 16.5. The summed E-state index contributed by atoms with van der Waals surface area (Å²) >= 11 is 0. The van der Waals surface area contributed by atoms with Crippen molar-refractivity contribution in [1.29, 1.82) is 0 Å². The van der Waals surface area contributed by atoms with Crippen molar-refractivity contribution in [3.63, 3.8) is 0 Å². The van der Waals surface area contributed by atoms with E-state index in [1.165, 1.54) is 19.3 Å². The predicted molar refractivity (Wildman–Crippen MR) is 109 cm³/mol. The summed E-state index contributed by atoms with van der Waals surface area (Å²) < 4.78 is 5.83. The molecule has 0 unspecified atom stereocenters. The molecule has 1 aliphatic rings. The zero-order valence-corrected chi connectivity index (χ0v) is 16.0. The van der Waals surface area contributed by atoms with Crippen molar-refractivity contribution in [1.82, 2.24) is 10.2 Å². The summed E-state index contributed by atoms with van der Waals surface area (Å²) in [6.07, 6.45) is 3.58. The molecule has 2 aromatic carbocycles. The van der Waals surface area contributed by atoms with Gasteiger partial charge in [-0.1, -0.05) is 24.3 Å². The minimum absolute atomic E-state index is 0.0283. The molecule has 2 N–H and O–H groups in total. The van der Waals surface area contributed by atoms with E-state index in [1.807, 2.05) is 61.6 Å². The third kappa shape index (κ3) is 6.38. The largest absolute Gasteiger partial charge is 0.457 e. The molecule has 0 bridgehead atoms. The van der Waals surface area contributed by atoms with Crippen LogP contribution in [-0.4, -0.2) is 44.0 Å². The maximum absolute atomic E-state index is 12.4. The second-order valence-electron chi connectivity index (χ2n) is 7.10. The first-order valence-electron chi connectivity index (χ1n) is 9.72. The Morgan fingerprint density at radius 2 is 1.81 bits per heavy atom. The van der Waals surface area contributed by atoms with Gasteiger partial charge in [-0.25, -0.2) is 0 Å². The van der Waals surface area contributed by atoms with Crippen LogP contribution in [0.15, 0.2) is 54.6 Å². The summed E-state index contributed by atoms with van der Waals surface area (Å²) in [7, 11) is 2.00. The molecule has 1 aliphatic heterocycles. The van der Waals surface area contributed by atoms with Gasteiger partial charge in [0.25, 0.3) is 0 Å². The Morgan fingerprint density at radius 1 is 1.07 bits per heavy atom. The first-order chi connectivity index (χ1) is 13.2. The summed E-state index contributed by atoms with van der Waals surface area (Å²) in [5.74, 6) is 2.30. The zero-order chi connectivity index (χ0) is 18.9. The summed E-state index contributed by atoms with van der Waals surface area (Å²) in [6.45, 7) is 3.52. The van der Waals surface area contributed by atoms with Crippen LogP contribution < -0.4 is 15.4 Å². The molecule has 0 aromatic heterocycles. The number of rotatable bonds is 8. The van der Waals surface area contributed by atoms with Crippen LogP contribution in [0, 0.1) is 5.92 Å². The third-order valence-electron chi connectivity index (χ3n) is 4.97. The predicted octanol–water partition coefficient (Wildman–Crippen LogP) is 3.74. The van der Waals surface area contributed by atoms with Gasteiger partial charge in [0, 0.05) is 11.8 Å². The van der Waals surface area contributed by atoms with Crippen LogP contribution in [0.25, 0.3) is 0 Å². The lowest BCUT2D eigenvalue weighted by molar-refractivity contribution is -0.117. The van der Waals surface area contributed by atoms with Crippen molar-refractivity contribution >= 4 is 11.6 Å². The number of nitrogens with zero attached hydrogens (tertiary/aromatic N) is 1. The number of hydrogen-bond donors (Lipinski definition) is 2. The topological polar surface area (TPSA) is 53.6 Å². The lowest BCUT2D eigenvalue weighted by atomic mass is 9.93. The van der Waals surface area contributed by atoms with E-state index in [0.717, 1.165) is 37.0 Å². The van der Waals surface area contributed by atoms with Gasteiger partial charge in [0.2, 0.25) is 5.91 Å². The molecule has 27 heavy (non-hydrogen) atoms. The average molecular weight is 367 g/mol. The summed E-state index contributed by atoms with van der Waals surface area (Å²) in [4.78, 5) is 14.6. The van der Waals surface area contributed by atoms with Crippen LogP contribution >= 0.6 is 0 Å². The Balaban J connectivity index is 1.46. The number of anilines is 1. The highest BCUT2D eigenvalue weighted by Crippen LogP contribution is 2.24. The molecule has 2 aromatic rings. The normalized spacial score (nSPS) is 15.4. The SMILES string of the molecule is CNCCC1CCN(CC(=O)Nc2cccc(Oc3ccccc3)c2)CC1. The molecule has 5 heteroatoms. The Labute approximate surface area is 161 Å². The smallest absolute Gasteiger partial charge is 0.238 e. The molecule has 144 valence electrons. The van der Waals surface area contributed by atoms with Crippen LogP contribution in [0.1, 0.15) is 19.3 Å². The molecular weight excluding hydrogens is 338 g/mol. The van der Waals surface area contributed by atoms with E-state index in [-0.39, 0.29) is 5.91 Å². The highest BCUT2D eigenvalue weighted by Gasteiger charge is 2.20. The van der Waals surface area contributed by atoms with E-state index < -0.39 is 0 Å². The summed E-state index contributed by atoms with van der Waals surface area (Å²) in [5.41, 5.74) is 0.761. The third-order valence-corrected chi connectivity index (χ3v) is 4.97. The van der Waals surface area contributed by atoms with Gasteiger partial charge in [0.15, 0.2) is 0 Å². The van der Waals surface area contributed by atoms with E-state index in [4.69, 9.17) is 4.74 Å². The monoisotopic (exact) mass is 367 g/mol. The first kappa shape index (κ1) is 19.4. The van der Waals surface area contributed by atoms with Gasteiger partial charge >= 0.3 is 0 Å². The van der Waals surface area contributed by atoms with Crippen molar-refractivity contribution in [3.05, 3.63) is 54.6 Å². The number of carbonyl (C=O) groups excluding carboxylic acids is 1. The zero-order valence-electron chi connectivity index (χ0n) is 16.0. The van der Waals surface area contributed by atoms with Crippen LogP contribution in [0.5, 0.6) is 11.5 Å². The number of hydrogen-bond acceptors (Lipinski definition) is 4. The number of para-hydroxylation sites is 1. The van der Waals surface area contributed by atoms with Crippen LogP contribution in [-0.2, 0) is 4.79 Å². The molecule has 0 radical (unpaired) electrons. The molecule has 1 heterocycles. The van der Waals surface area contributed by atoms with Crippen LogP contribution in [0.3, 0.4) is 0 Å². The van der Waals surface area contributed by atoms with Gasteiger partial charge in [-0.05, 0) is 76.1 Å². The van der Waals surface area contributed by atoms with E-state index >= 15 is 0 Å². The Kier molecular flexibility index (Phi) is 7.25. The summed E-state index contributed by atoms with van der Waals surface area (Å²) in [6, 6.07) is 17.2. The van der Waals surface area contributed by atoms with Gasteiger partial charge in [0.1, 0.15) is 11.5 Å². The maximum atomic E-state index is 12.4. The quantitative estimate of drug-likeness (QED) is 0.746. The standard InChI is InChI=1S/C22H29N3O2/c1-23-13-10-18-11-14-25(15-12-18)17-22(26)24-19-6-5-9-21(16-19)27-20-7-3-2-4-8-20/h2-9,16,18,23H,10-15,17H2,1H3,(H,24,26). The number of likely N-dealkylation sites (tertiary alicyclic amines) is 1. The van der Waals surface area contributed by atoms with Gasteiger partial charge in [0.05, 0.1) is 6.54 Å². The van der Waals surface area contributed by atoms with Gasteiger partial charge < -0.3 is 15.4 Å². The van der Waals surface area contributed by atoms with Gasteiger partial charge in [-0.2, -0.15) is 0 Å². The maximum Gasteiger partial charge on any atom is 0.238 e. The molecule has 0 spiro atoms. The average Bonchev–Trinajstić information content (AvgIpc) is 2.68. The van der Waals surface area contributed by atoms with Crippen molar-refractivity contribution in [2.45, 2.75) is 19.3 Å². The van der Waals surface area contributed by atoms with E-state index in [2.05, 4.69) is 15.5 Å². The van der Waals surface area contributed by atoms with Crippen molar-refractivity contribution < 1.29 is 9.53 Å². The molecule has 0 atom stereocenters. The first-order valence-corrected chi connectivity index (χ1v) is 9.72. The van der Waals surface area contributed by atoms with Crippen molar-refractivity contribution in [3.8, 4) is 11.5 Å². The number of amides is 1. The number of ether oxygens (including phenoxy) is 1. The Morgan fingerprint density at radius 3 is 2.56 bits per heavy atom. The Hall–Kier alpha value is -2.37. The van der Waals surface area contributed by atoms with E-state index in [0.29, 0.717) is 12.3 Å². The van der Waals surface area contributed by atoms with Crippen LogP contribution in [0.4, 0.5) is 5.69 Å².